The number of aryl methyl sites for hydroxylation is 1. The van der Waals surface area contributed by atoms with Gasteiger partial charge in [-0.2, -0.15) is 11.8 Å². The van der Waals surface area contributed by atoms with Gasteiger partial charge in [0.05, 0.1) is 10.6 Å². The third-order valence-electron chi connectivity index (χ3n) is 3.08. The monoisotopic (exact) mass is 334 g/mol. The molecule has 0 atom stereocenters. The first kappa shape index (κ1) is 15.8. The van der Waals surface area contributed by atoms with E-state index in [-0.39, 0.29) is 18.2 Å². The Morgan fingerprint density at radius 1 is 1.40 bits per heavy atom. The summed E-state index contributed by atoms with van der Waals surface area (Å²) in [5.74, 6) is 1.47. The molecule has 0 radical (unpaired) electrons. The lowest BCUT2D eigenvalue weighted by molar-refractivity contribution is 0.0959. The summed E-state index contributed by atoms with van der Waals surface area (Å²) in [6.07, 6.45) is 0. The van der Waals surface area contributed by atoms with Gasteiger partial charge in [0.25, 0.3) is 5.91 Å². The van der Waals surface area contributed by atoms with Gasteiger partial charge in [0.1, 0.15) is 0 Å². The highest BCUT2D eigenvalue weighted by Crippen LogP contribution is 2.15. The van der Waals surface area contributed by atoms with Gasteiger partial charge in [0, 0.05) is 31.1 Å². The van der Waals surface area contributed by atoms with Crippen molar-refractivity contribution in [2.24, 2.45) is 0 Å². The summed E-state index contributed by atoms with van der Waals surface area (Å²) in [7, 11) is -3.25. The van der Waals surface area contributed by atoms with Crippen molar-refractivity contribution in [3.8, 4) is 0 Å². The number of amides is 1. The molecule has 0 spiro atoms. The van der Waals surface area contributed by atoms with Crippen LogP contribution in [0.2, 0.25) is 0 Å². The zero-order chi connectivity index (χ0) is 14.6. The Morgan fingerprint density at radius 2 is 2.10 bits per heavy atom. The average Bonchev–Trinajstić information content (AvgIpc) is 2.86. The molecule has 20 heavy (non-hydrogen) atoms. The lowest BCUT2D eigenvalue weighted by atomic mass is 10.3. The fourth-order valence-corrected chi connectivity index (χ4v) is 5.27. The molecule has 0 aliphatic carbocycles. The molecule has 8 heteroatoms. The van der Waals surface area contributed by atoms with Crippen molar-refractivity contribution >= 4 is 39.0 Å². The molecule has 5 nitrogen and oxygen atoms in total. The normalized spacial score (nSPS) is 17.1. The molecule has 0 aromatic carbocycles. The molecule has 1 amide bonds. The molecule has 1 aliphatic heterocycles. The Morgan fingerprint density at radius 3 is 2.70 bits per heavy atom. The molecule has 2 heterocycles. The van der Waals surface area contributed by atoms with E-state index in [1.54, 1.807) is 11.8 Å². The molecular formula is C12H18N2O3S3. The van der Waals surface area contributed by atoms with Crippen molar-refractivity contribution < 1.29 is 13.2 Å². The number of carbonyl (C=O) groups is 1. The number of nitrogens with zero attached hydrogens (tertiary/aromatic N) is 1. The Labute approximate surface area is 127 Å². The van der Waals surface area contributed by atoms with Crippen LogP contribution in [-0.4, -0.2) is 55.5 Å². The van der Waals surface area contributed by atoms with E-state index in [2.05, 4.69) is 5.32 Å². The molecule has 1 fully saturated rings. The van der Waals surface area contributed by atoms with Crippen LogP contribution in [0.25, 0.3) is 0 Å². The second-order valence-electron chi connectivity index (χ2n) is 4.52. The number of rotatable bonds is 5. The minimum atomic E-state index is -3.25. The molecule has 2 rings (SSSR count). The van der Waals surface area contributed by atoms with E-state index in [0.29, 0.717) is 18.0 Å². The lowest BCUT2D eigenvalue weighted by Crippen LogP contribution is -2.41. The Bertz CT molecular complexity index is 562. The molecule has 1 aromatic heterocycles. The van der Waals surface area contributed by atoms with E-state index in [0.717, 1.165) is 17.1 Å². The van der Waals surface area contributed by atoms with Crippen molar-refractivity contribution in [2.75, 3.05) is 36.9 Å². The van der Waals surface area contributed by atoms with E-state index in [9.17, 15) is 13.2 Å². The number of carbonyl (C=O) groups excluding carboxylic acids is 1. The molecule has 0 saturated carbocycles. The van der Waals surface area contributed by atoms with Gasteiger partial charge in [-0.1, -0.05) is 0 Å². The molecular weight excluding hydrogens is 316 g/mol. The van der Waals surface area contributed by atoms with Crippen LogP contribution in [0, 0.1) is 6.92 Å². The average molecular weight is 334 g/mol. The van der Waals surface area contributed by atoms with Gasteiger partial charge in [-0.05, 0) is 23.9 Å². The standard InChI is InChI=1S/C12H18N2O3S3/c1-10-2-6-19-11(10)12(15)13-3-9-20(16,17)14-4-7-18-8-5-14/h2,6H,3-5,7-9H2,1H3,(H,13,15). The number of thiophene rings is 1. The van der Waals surface area contributed by atoms with Crippen LogP contribution in [0.1, 0.15) is 15.2 Å². The van der Waals surface area contributed by atoms with Gasteiger partial charge < -0.3 is 5.32 Å². The summed E-state index contributed by atoms with van der Waals surface area (Å²) in [5, 5.41) is 4.54. The fourth-order valence-electron chi connectivity index (χ4n) is 1.93. The third kappa shape index (κ3) is 3.97. The number of hydrogen-bond donors (Lipinski definition) is 1. The van der Waals surface area contributed by atoms with Crippen LogP contribution < -0.4 is 5.32 Å². The van der Waals surface area contributed by atoms with Crippen LogP contribution in [0.4, 0.5) is 0 Å². The molecule has 0 unspecified atom stereocenters. The van der Waals surface area contributed by atoms with E-state index in [4.69, 9.17) is 0 Å². The predicted octanol–water partition coefficient (Wildman–Crippen LogP) is 1.16. The topological polar surface area (TPSA) is 66.5 Å². The van der Waals surface area contributed by atoms with E-state index < -0.39 is 10.0 Å². The first-order valence-corrected chi connectivity index (χ1v) is 10.0. The Balaban J connectivity index is 1.83. The van der Waals surface area contributed by atoms with Crippen LogP contribution in [0.15, 0.2) is 11.4 Å². The maximum Gasteiger partial charge on any atom is 0.261 e. The highest BCUT2D eigenvalue weighted by molar-refractivity contribution is 7.99. The van der Waals surface area contributed by atoms with Gasteiger partial charge in [-0.25, -0.2) is 12.7 Å². The van der Waals surface area contributed by atoms with Gasteiger partial charge in [0.15, 0.2) is 0 Å². The maximum atomic E-state index is 12.1. The van der Waals surface area contributed by atoms with E-state index in [1.807, 2.05) is 18.4 Å². The van der Waals surface area contributed by atoms with E-state index in [1.165, 1.54) is 15.6 Å². The van der Waals surface area contributed by atoms with Gasteiger partial charge in [0.2, 0.25) is 10.0 Å². The third-order valence-corrected chi connectivity index (χ3v) is 6.91. The first-order valence-electron chi connectivity index (χ1n) is 6.38. The predicted molar refractivity (Wildman–Crippen MR) is 84.1 cm³/mol. The molecule has 0 bridgehead atoms. The number of hydrogen-bond acceptors (Lipinski definition) is 5. The van der Waals surface area contributed by atoms with Crippen molar-refractivity contribution in [1.82, 2.24) is 9.62 Å². The SMILES string of the molecule is Cc1ccsc1C(=O)NCCS(=O)(=O)N1CCSCC1. The van der Waals surface area contributed by atoms with Gasteiger partial charge in [-0.3, -0.25) is 4.79 Å². The summed E-state index contributed by atoms with van der Waals surface area (Å²) in [5.41, 5.74) is 0.920. The van der Waals surface area contributed by atoms with Crippen molar-refractivity contribution in [3.05, 3.63) is 21.9 Å². The highest BCUT2D eigenvalue weighted by atomic mass is 32.2. The van der Waals surface area contributed by atoms with E-state index >= 15 is 0 Å². The fraction of sp³-hybridized carbons (Fsp3) is 0.583. The summed E-state index contributed by atoms with van der Waals surface area (Å²) < 4.78 is 25.7. The Hall–Kier alpha value is -0.570. The summed E-state index contributed by atoms with van der Waals surface area (Å²) in [4.78, 5) is 12.5. The quantitative estimate of drug-likeness (QED) is 0.878. The number of thioether (sulfide) groups is 1. The van der Waals surface area contributed by atoms with Crippen molar-refractivity contribution in [3.63, 3.8) is 0 Å². The van der Waals surface area contributed by atoms with Crippen LogP contribution in [-0.2, 0) is 10.0 Å². The first-order chi connectivity index (χ1) is 9.50. The number of nitrogens with one attached hydrogen (secondary N) is 1. The molecule has 1 aromatic rings. The molecule has 112 valence electrons. The molecule has 1 N–H and O–H groups in total. The summed E-state index contributed by atoms with van der Waals surface area (Å²) in [6, 6.07) is 1.88. The maximum absolute atomic E-state index is 12.1. The van der Waals surface area contributed by atoms with Gasteiger partial charge >= 0.3 is 0 Å². The zero-order valence-corrected chi connectivity index (χ0v) is 13.7. The van der Waals surface area contributed by atoms with Crippen LogP contribution >= 0.6 is 23.1 Å². The van der Waals surface area contributed by atoms with Gasteiger partial charge in [-0.15, -0.1) is 11.3 Å². The minimum Gasteiger partial charge on any atom is -0.350 e. The smallest absolute Gasteiger partial charge is 0.261 e. The zero-order valence-electron chi connectivity index (χ0n) is 11.3. The molecule has 1 saturated heterocycles. The van der Waals surface area contributed by atoms with Crippen molar-refractivity contribution in [2.45, 2.75) is 6.92 Å². The summed E-state index contributed by atoms with van der Waals surface area (Å²) in [6.45, 7) is 3.17. The second-order valence-corrected chi connectivity index (χ2v) is 8.75. The number of sulfonamides is 1. The lowest BCUT2D eigenvalue weighted by Gasteiger charge is -2.25. The second kappa shape index (κ2) is 6.93. The highest BCUT2D eigenvalue weighted by Gasteiger charge is 2.24. The minimum absolute atomic E-state index is 0.0339. The largest absolute Gasteiger partial charge is 0.350 e. The van der Waals surface area contributed by atoms with Crippen LogP contribution in [0.3, 0.4) is 0 Å². The Kier molecular flexibility index (Phi) is 5.48. The van der Waals surface area contributed by atoms with Crippen LogP contribution in [0.5, 0.6) is 0 Å². The van der Waals surface area contributed by atoms with Crippen molar-refractivity contribution in [1.29, 1.82) is 0 Å². The molecule has 1 aliphatic rings. The summed E-state index contributed by atoms with van der Waals surface area (Å²) >= 11 is 3.14.